The number of benzene rings is 1. The maximum Gasteiger partial charge on any atom is 0.255 e. The lowest BCUT2D eigenvalue weighted by atomic mass is 9.98. The molecule has 1 aromatic carbocycles. The molecule has 8 nitrogen and oxygen atoms in total. The molecule has 1 unspecified atom stereocenters. The van der Waals surface area contributed by atoms with Crippen LogP contribution in [0.5, 0.6) is 0 Å². The summed E-state index contributed by atoms with van der Waals surface area (Å²) in [6.45, 7) is 1.82. The molecule has 0 spiro atoms. The number of nitrogens with one attached hydrogen (secondary N) is 2. The van der Waals surface area contributed by atoms with Crippen molar-refractivity contribution in [1.29, 1.82) is 0 Å². The van der Waals surface area contributed by atoms with Crippen LogP contribution in [0.1, 0.15) is 18.7 Å². The molecule has 5 rings (SSSR count). The molecule has 33 heavy (non-hydrogen) atoms. The molecule has 10 heteroatoms. The van der Waals surface area contributed by atoms with E-state index in [1.54, 1.807) is 53.6 Å². The molecular weight excluding hydrogens is 461 g/mol. The zero-order valence-electron chi connectivity index (χ0n) is 17.3. The van der Waals surface area contributed by atoms with Crippen LogP contribution in [0.15, 0.2) is 78.4 Å². The van der Waals surface area contributed by atoms with Crippen molar-refractivity contribution in [1.82, 2.24) is 24.7 Å². The van der Waals surface area contributed by atoms with Gasteiger partial charge in [0.25, 0.3) is 5.91 Å². The van der Waals surface area contributed by atoms with E-state index in [0.29, 0.717) is 50.0 Å². The lowest BCUT2D eigenvalue weighted by Crippen LogP contribution is -2.32. The van der Waals surface area contributed by atoms with Crippen molar-refractivity contribution >= 4 is 40.7 Å². The van der Waals surface area contributed by atoms with E-state index in [9.17, 15) is 4.79 Å². The second kappa shape index (κ2) is 8.65. The molecule has 1 aliphatic heterocycles. The number of carbonyl (C=O) groups is 1. The molecular formula is C23H17Cl2N7O. The van der Waals surface area contributed by atoms with Gasteiger partial charge in [-0.05, 0) is 49.4 Å². The Labute approximate surface area is 199 Å². The number of aromatic nitrogens is 5. The zero-order valence-corrected chi connectivity index (χ0v) is 18.8. The number of carbonyl (C=O) groups excluding carboxylic acids is 1. The first-order valence-corrected chi connectivity index (χ1v) is 10.8. The highest BCUT2D eigenvalue weighted by Crippen LogP contribution is 2.36. The summed E-state index contributed by atoms with van der Waals surface area (Å²) in [5, 5.41) is 11.7. The van der Waals surface area contributed by atoms with Crippen LogP contribution in [0.3, 0.4) is 0 Å². The maximum atomic E-state index is 13.4. The summed E-state index contributed by atoms with van der Waals surface area (Å²) in [6, 6.07) is 13.7. The van der Waals surface area contributed by atoms with Gasteiger partial charge in [-0.15, -0.1) is 5.10 Å². The van der Waals surface area contributed by atoms with E-state index in [0.717, 1.165) is 0 Å². The highest BCUT2D eigenvalue weighted by atomic mass is 35.5. The van der Waals surface area contributed by atoms with E-state index in [4.69, 9.17) is 28.3 Å². The third-order valence-corrected chi connectivity index (χ3v) is 5.90. The van der Waals surface area contributed by atoms with Crippen LogP contribution in [-0.4, -0.2) is 30.6 Å². The number of amides is 1. The van der Waals surface area contributed by atoms with Crippen LogP contribution in [0, 0.1) is 0 Å². The Hall–Kier alpha value is -3.75. The van der Waals surface area contributed by atoms with Crippen LogP contribution < -0.4 is 10.6 Å². The highest BCUT2D eigenvalue weighted by Gasteiger charge is 2.35. The summed E-state index contributed by atoms with van der Waals surface area (Å²) < 4.78 is 1.66. The normalized spacial score (nSPS) is 15.1. The molecule has 0 fully saturated rings. The van der Waals surface area contributed by atoms with Crippen molar-refractivity contribution in [2.24, 2.45) is 0 Å². The van der Waals surface area contributed by atoms with Gasteiger partial charge in [-0.2, -0.15) is 4.98 Å². The predicted molar refractivity (Wildman–Crippen MR) is 127 cm³/mol. The predicted octanol–water partition coefficient (Wildman–Crippen LogP) is 4.97. The summed E-state index contributed by atoms with van der Waals surface area (Å²) >= 11 is 12.3. The lowest BCUT2D eigenvalue weighted by Gasteiger charge is -2.27. The van der Waals surface area contributed by atoms with Gasteiger partial charge in [0.2, 0.25) is 5.95 Å². The molecule has 1 atom stereocenters. The van der Waals surface area contributed by atoms with E-state index in [1.165, 1.54) is 0 Å². The fraction of sp³-hybridized carbons (Fsp3) is 0.0870. The van der Waals surface area contributed by atoms with Crippen LogP contribution in [0.4, 0.5) is 11.6 Å². The average molecular weight is 478 g/mol. The molecule has 3 aromatic heterocycles. The van der Waals surface area contributed by atoms with Crippen LogP contribution in [0.2, 0.25) is 10.0 Å². The van der Waals surface area contributed by atoms with Crippen molar-refractivity contribution in [3.05, 3.63) is 94.1 Å². The fourth-order valence-corrected chi connectivity index (χ4v) is 3.95. The number of allylic oxidation sites excluding steroid dienone is 1. The van der Waals surface area contributed by atoms with Gasteiger partial charge in [-0.1, -0.05) is 29.3 Å². The van der Waals surface area contributed by atoms with E-state index in [2.05, 4.69) is 25.6 Å². The molecule has 0 saturated carbocycles. The summed E-state index contributed by atoms with van der Waals surface area (Å²) in [4.78, 5) is 26.6. The number of pyridine rings is 2. The average Bonchev–Trinajstić information content (AvgIpc) is 3.24. The molecule has 4 aromatic rings. The largest absolute Gasteiger partial charge is 0.328 e. The van der Waals surface area contributed by atoms with Crippen molar-refractivity contribution in [3.8, 4) is 11.4 Å². The third kappa shape index (κ3) is 4.06. The molecule has 0 radical (unpaired) electrons. The second-order valence-corrected chi connectivity index (χ2v) is 8.16. The minimum absolute atomic E-state index is 0.291. The first-order chi connectivity index (χ1) is 16.0. The zero-order chi connectivity index (χ0) is 22.9. The highest BCUT2D eigenvalue weighted by molar-refractivity contribution is 6.42. The smallest absolute Gasteiger partial charge is 0.255 e. The van der Waals surface area contributed by atoms with E-state index in [1.807, 2.05) is 25.1 Å². The second-order valence-electron chi connectivity index (χ2n) is 7.35. The molecule has 0 saturated heterocycles. The third-order valence-electron chi connectivity index (χ3n) is 5.16. The standard InChI is InChI=1S/C23H17Cl2N7O/c1-13-19(22(33)29-15-5-4-9-26-12-15)20(18-6-2-3-10-27-18)32-23(28-13)30-21(31-32)14-7-8-16(24)17(25)11-14/h2-12,20H,1H3,(H,29,33)(H,28,30,31). The molecule has 1 aliphatic rings. The maximum absolute atomic E-state index is 13.4. The van der Waals surface area contributed by atoms with Gasteiger partial charge >= 0.3 is 0 Å². The fourth-order valence-electron chi connectivity index (χ4n) is 3.65. The number of rotatable bonds is 4. The molecule has 0 bridgehead atoms. The number of hydrogen-bond acceptors (Lipinski definition) is 6. The SMILES string of the molecule is CC1=C(C(=O)Nc2cccnc2)C(c2ccccn2)n2nc(-c3ccc(Cl)c(Cl)c3)nc2N1. The molecule has 164 valence electrons. The van der Waals surface area contributed by atoms with Gasteiger partial charge in [0, 0.05) is 23.7 Å². The van der Waals surface area contributed by atoms with Gasteiger partial charge in [-0.3, -0.25) is 14.8 Å². The summed E-state index contributed by atoms with van der Waals surface area (Å²) in [7, 11) is 0. The monoisotopic (exact) mass is 477 g/mol. The number of anilines is 2. The number of hydrogen-bond donors (Lipinski definition) is 2. The van der Waals surface area contributed by atoms with Gasteiger partial charge < -0.3 is 10.6 Å². The van der Waals surface area contributed by atoms with Crippen molar-refractivity contribution < 1.29 is 4.79 Å². The van der Waals surface area contributed by atoms with Crippen LogP contribution in [-0.2, 0) is 4.79 Å². The molecule has 2 N–H and O–H groups in total. The minimum atomic E-state index is -0.594. The van der Waals surface area contributed by atoms with E-state index >= 15 is 0 Å². The number of fused-ring (bicyclic) bond motifs is 1. The Balaban J connectivity index is 1.59. The first kappa shape index (κ1) is 21.1. The Bertz CT molecular complexity index is 1370. The van der Waals surface area contributed by atoms with E-state index in [-0.39, 0.29) is 5.91 Å². The molecule has 4 heterocycles. The first-order valence-electron chi connectivity index (χ1n) is 10.0. The Morgan fingerprint density at radius 1 is 1.09 bits per heavy atom. The van der Waals surface area contributed by atoms with E-state index < -0.39 is 6.04 Å². The van der Waals surface area contributed by atoms with Crippen molar-refractivity contribution in [2.45, 2.75) is 13.0 Å². The van der Waals surface area contributed by atoms with Crippen molar-refractivity contribution in [2.75, 3.05) is 10.6 Å². The quantitative estimate of drug-likeness (QED) is 0.430. The lowest BCUT2D eigenvalue weighted by molar-refractivity contribution is -0.113. The minimum Gasteiger partial charge on any atom is -0.328 e. The number of nitrogens with zero attached hydrogens (tertiary/aromatic N) is 5. The Morgan fingerprint density at radius 2 is 1.97 bits per heavy atom. The molecule has 0 aliphatic carbocycles. The summed E-state index contributed by atoms with van der Waals surface area (Å²) in [6.07, 6.45) is 4.91. The van der Waals surface area contributed by atoms with Gasteiger partial charge in [0.1, 0.15) is 6.04 Å². The van der Waals surface area contributed by atoms with Crippen LogP contribution in [0.25, 0.3) is 11.4 Å². The van der Waals surface area contributed by atoms with Gasteiger partial charge in [0.05, 0.1) is 33.2 Å². The Kier molecular flexibility index (Phi) is 5.53. The summed E-state index contributed by atoms with van der Waals surface area (Å²) in [5.74, 6) is 0.641. The Morgan fingerprint density at radius 3 is 2.70 bits per heavy atom. The van der Waals surface area contributed by atoms with Crippen LogP contribution >= 0.6 is 23.2 Å². The van der Waals surface area contributed by atoms with Gasteiger partial charge in [-0.25, -0.2) is 4.68 Å². The molecule has 1 amide bonds. The van der Waals surface area contributed by atoms with Gasteiger partial charge in [0.15, 0.2) is 5.82 Å². The topological polar surface area (TPSA) is 97.6 Å². The summed E-state index contributed by atoms with van der Waals surface area (Å²) in [5.41, 5.74) is 3.06. The number of halogens is 2. The van der Waals surface area contributed by atoms with Crippen molar-refractivity contribution in [3.63, 3.8) is 0 Å².